The summed E-state index contributed by atoms with van der Waals surface area (Å²) >= 11 is 3.50. The highest BCUT2D eigenvalue weighted by Crippen LogP contribution is 2.46. The molecule has 2 aromatic rings. The second kappa shape index (κ2) is 4.56. The van der Waals surface area contributed by atoms with Crippen molar-refractivity contribution in [3.05, 3.63) is 16.3 Å². The van der Waals surface area contributed by atoms with E-state index in [1.807, 2.05) is 18.4 Å². The Balaban J connectivity index is 1.81. The summed E-state index contributed by atoms with van der Waals surface area (Å²) in [6.45, 7) is 0. The van der Waals surface area contributed by atoms with Gasteiger partial charge in [0.05, 0.1) is 5.00 Å². The van der Waals surface area contributed by atoms with Gasteiger partial charge in [0.2, 0.25) is 0 Å². The molecule has 2 aliphatic carbocycles. The van der Waals surface area contributed by atoms with E-state index in [4.69, 9.17) is 4.98 Å². The predicted molar refractivity (Wildman–Crippen MR) is 81.4 cm³/mol. The Morgan fingerprint density at radius 2 is 2.05 bits per heavy atom. The molecule has 2 aliphatic rings. The molecule has 0 spiro atoms. The van der Waals surface area contributed by atoms with Gasteiger partial charge in [-0.3, -0.25) is 0 Å². The van der Waals surface area contributed by atoms with Crippen LogP contribution >= 0.6 is 22.9 Å². The van der Waals surface area contributed by atoms with E-state index in [-0.39, 0.29) is 0 Å². The van der Waals surface area contributed by atoms with Crippen molar-refractivity contribution in [3.8, 4) is 10.6 Å². The Labute approximate surface area is 121 Å². The third-order valence-corrected chi connectivity index (χ3v) is 6.05. The molecular weight excluding hydrogens is 274 g/mol. The zero-order valence-corrected chi connectivity index (χ0v) is 12.7. The first-order valence-electron chi connectivity index (χ1n) is 7.03. The quantitative estimate of drug-likeness (QED) is 0.926. The number of aryl methyl sites for hydroxylation is 1. The van der Waals surface area contributed by atoms with Gasteiger partial charge in [0.1, 0.15) is 10.8 Å². The van der Waals surface area contributed by atoms with Crippen LogP contribution in [-0.2, 0) is 12.8 Å². The lowest BCUT2D eigenvalue weighted by Crippen LogP contribution is -1.99. The highest BCUT2D eigenvalue weighted by Gasteiger charge is 2.29. The van der Waals surface area contributed by atoms with Crippen molar-refractivity contribution in [2.75, 3.05) is 12.4 Å². The summed E-state index contributed by atoms with van der Waals surface area (Å²) in [5, 5.41) is 5.78. The van der Waals surface area contributed by atoms with Crippen LogP contribution in [0.1, 0.15) is 47.9 Å². The normalized spacial score (nSPS) is 18.4. The van der Waals surface area contributed by atoms with Crippen molar-refractivity contribution < 1.29 is 0 Å². The van der Waals surface area contributed by atoms with E-state index in [9.17, 15) is 0 Å². The number of thiophene rings is 1. The first-order valence-corrected chi connectivity index (χ1v) is 8.62. The van der Waals surface area contributed by atoms with Crippen LogP contribution in [0.2, 0.25) is 0 Å². The van der Waals surface area contributed by atoms with Crippen molar-refractivity contribution in [1.29, 1.82) is 0 Å². The maximum Gasteiger partial charge on any atom is 0.147 e. The highest BCUT2D eigenvalue weighted by molar-refractivity contribution is 7.17. The lowest BCUT2D eigenvalue weighted by Gasteiger charge is -2.11. The molecule has 0 amide bonds. The van der Waals surface area contributed by atoms with Crippen LogP contribution in [0.4, 0.5) is 5.00 Å². The molecule has 1 fully saturated rings. The van der Waals surface area contributed by atoms with E-state index < -0.39 is 0 Å². The Hall–Kier alpha value is -0.940. The van der Waals surface area contributed by atoms with Crippen LogP contribution in [-0.4, -0.2) is 16.4 Å². The molecule has 0 unspecified atom stereocenters. The smallest absolute Gasteiger partial charge is 0.147 e. The fourth-order valence-corrected chi connectivity index (χ4v) is 4.94. The SMILES string of the molecule is CNc1sc2c(c1-c1nc(C3CC3)ns1)CCCC2. The van der Waals surface area contributed by atoms with Gasteiger partial charge in [-0.15, -0.1) is 11.3 Å². The van der Waals surface area contributed by atoms with Crippen molar-refractivity contribution in [1.82, 2.24) is 9.36 Å². The average Bonchev–Trinajstić information content (AvgIpc) is 3.06. The van der Waals surface area contributed by atoms with Gasteiger partial charge in [-0.05, 0) is 55.6 Å². The van der Waals surface area contributed by atoms with Crippen molar-refractivity contribution >= 4 is 27.9 Å². The third kappa shape index (κ3) is 1.99. The number of rotatable bonds is 3. The zero-order valence-electron chi connectivity index (χ0n) is 11.0. The van der Waals surface area contributed by atoms with Crippen molar-refractivity contribution in [3.63, 3.8) is 0 Å². The predicted octanol–water partition coefficient (Wildman–Crippen LogP) is 4.06. The molecule has 2 aromatic heterocycles. The fourth-order valence-electron chi connectivity index (χ4n) is 2.81. The summed E-state index contributed by atoms with van der Waals surface area (Å²) in [4.78, 5) is 6.37. The topological polar surface area (TPSA) is 37.8 Å². The van der Waals surface area contributed by atoms with Crippen LogP contribution in [0.5, 0.6) is 0 Å². The summed E-state index contributed by atoms with van der Waals surface area (Å²) in [7, 11) is 2.02. The van der Waals surface area contributed by atoms with Crippen molar-refractivity contribution in [2.45, 2.75) is 44.4 Å². The first kappa shape index (κ1) is 11.9. The summed E-state index contributed by atoms with van der Waals surface area (Å²) < 4.78 is 4.57. The summed E-state index contributed by atoms with van der Waals surface area (Å²) in [6.07, 6.45) is 7.64. The van der Waals surface area contributed by atoms with E-state index in [1.54, 1.807) is 22.0 Å². The molecule has 0 radical (unpaired) electrons. The lowest BCUT2D eigenvalue weighted by molar-refractivity contribution is 0.698. The van der Waals surface area contributed by atoms with E-state index >= 15 is 0 Å². The Bertz CT molecular complexity index is 610. The minimum atomic E-state index is 0.650. The molecule has 4 rings (SSSR count). The van der Waals surface area contributed by atoms with Crippen LogP contribution < -0.4 is 5.32 Å². The lowest BCUT2D eigenvalue weighted by atomic mass is 9.96. The monoisotopic (exact) mass is 291 g/mol. The number of aromatic nitrogens is 2. The average molecular weight is 291 g/mol. The zero-order chi connectivity index (χ0) is 12.8. The fraction of sp³-hybridized carbons (Fsp3) is 0.571. The molecule has 0 aromatic carbocycles. The molecule has 5 heteroatoms. The van der Waals surface area contributed by atoms with Gasteiger partial charge in [-0.2, -0.15) is 4.37 Å². The van der Waals surface area contributed by atoms with Gasteiger partial charge >= 0.3 is 0 Å². The third-order valence-electron chi connectivity index (χ3n) is 4.00. The maximum absolute atomic E-state index is 4.81. The molecule has 0 atom stereocenters. The molecule has 0 aliphatic heterocycles. The number of anilines is 1. The molecule has 0 saturated heterocycles. The second-order valence-electron chi connectivity index (χ2n) is 5.40. The molecular formula is C14H17N3S2. The van der Waals surface area contributed by atoms with Crippen molar-refractivity contribution in [2.24, 2.45) is 0 Å². The molecule has 3 nitrogen and oxygen atoms in total. The first-order chi connectivity index (χ1) is 9.36. The van der Waals surface area contributed by atoms with E-state index in [0.29, 0.717) is 5.92 Å². The second-order valence-corrected chi connectivity index (χ2v) is 7.25. The van der Waals surface area contributed by atoms with Crippen LogP contribution in [0.3, 0.4) is 0 Å². The number of fused-ring (bicyclic) bond motifs is 1. The summed E-state index contributed by atoms with van der Waals surface area (Å²) in [6, 6.07) is 0. The minimum Gasteiger partial charge on any atom is -0.379 e. The molecule has 0 bridgehead atoms. The molecule has 100 valence electrons. The number of nitrogens with one attached hydrogen (secondary N) is 1. The summed E-state index contributed by atoms with van der Waals surface area (Å²) in [5.41, 5.74) is 2.89. The molecule has 1 saturated carbocycles. The Kier molecular flexibility index (Phi) is 2.84. The van der Waals surface area contributed by atoms with Crippen LogP contribution in [0.25, 0.3) is 10.6 Å². The number of hydrogen-bond acceptors (Lipinski definition) is 5. The van der Waals surface area contributed by atoms with Gasteiger partial charge in [0, 0.05) is 23.4 Å². The van der Waals surface area contributed by atoms with E-state index in [2.05, 4.69) is 9.69 Å². The largest absolute Gasteiger partial charge is 0.379 e. The Morgan fingerprint density at radius 1 is 1.21 bits per heavy atom. The van der Waals surface area contributed by atoms with Crippen LogP contribution in [0, 0.1) is 0 Å². The molecule has 2 heterocycles. The standard InChI is InChI=1S/C14H17N3S2/c1-15-13-11(9-4-2-3-5-10(9)18-13)14-16-12(17-19-14)8-6-7-8/h8,15H,2-7H2,1H3. The van der Waals surface area contributed by atoms with E-state index in [0.717, 1.165) is 10.8 Å². The van der Waals surface area contributed by atoms with E-state index in [1.165, 1.54) is 49.1 Å². The maximum atomic E-state index is 4.81. The van der Waals surface area contributed by atoms with Crippen LogP contribution in [0.15, 0.2) is 0 Å². The Morgan fingerprint density at radius 3 is 2.84 bits per heavy atom. The number of hydrogen-bond donors (Lipinski definition) is 1. The van der Waals surface area contributed by atoms with Gasteiger partial charge < -0.3 is 5.32 Å². The van der Waals surface area contributed by atoms with Gasteiger partial charge in [-0.1, -0.05) is 0 Å². The molecule has 19 heavy (non-hydrogen) atoms. The summed E-state index contributed by atoms with van der Waals surface area (Å²) in [5.74, 6) is 1.73. The number of nitrogens with zero attached hydrogens (tertiary/aromatic N) is 2. The van der Waals surface area contributed by atoms with Gasteiger partial charge in [-0.25, -0.2) is 4.98 Å². The minimum absolute atomic E-state index is 0.650. The van der Waals surface area contributed by atoms with Gasteiger partial charge in [0.15, 0.2) is 0 Å². The highest BCUT2D eigenvalue weighted by atomic mass is 32.1. The molecule has 1 N–H and O–H groups in total. The van der Waals surface area contributed by atoms with Gasteiger partial charge in [0.25, 0.3) is 0 Å².